The van der Waals surface area contributed by atoms with E-state index in [0.29, 0.717) is 29.0 Å². The topological polar surface area (TPSA) is 95.2 Å². The molecule has 2 aromatic carbocycles. The maximum atomic E-state index is 11.6. The molecule has 1 amide bonds. The first-order valence-electron chi connectivity index (χ1n) is 12.1. The zero-order valence-corrected chi connectivity index (χ0v) is 20.3. The summed E-state index contributed by atoms with van der Waals surface area (Å²) in [6.07, 6.45) is 5.09. The second kappa shape index (κ2) is 10.7. The van der Waals surface area contributed by atoms with Crippen molar-refractivity contribution in [1.82, 2.24) is 25.2 Å². The molecule has 36 heavy (non-hydrogen) atoms. The number of likely N-dealkylation sites (tertiary alicyclic amines) is 1. The maximum absolute atomic E-state index is 11.6. The Balaban J connectivity index is 1.29. The molecule has 0 bridgehead atoms. The third kappa shape index (κ3) is 5.62. The van der Waals surface area contributed by atoms with Crippen LogP contribution in [0.1, 0.15) is 18.4 Å². The van der Waals surface area contributed by atoms with Gasteiger partial charge in [-0.25, -0.2) is 9.97 Å². The molecule has 3 N–H and O–H groups in total. The molecule has 3 heterocycles. The summed E-state index contributed by atoms with van der Waals surface area (Å²) in [6.45, 7) is 6.66. The second-order valence-corrected chi connectivity index (χ2v) is 9.10. The van der Waals surface area contributed by atoms with Crippen molar-refractivity contribution in [2.75, 3.05) is 25.5 Å². The fourth-order valence-electron chi connectivity index (χ4n) is 4.37. The van der Waals surface area contributed by atoms with Crippen molar-refractivity contribution in [3.8, 4) is 22.9 Å². The van der Waals surface area contributed by atoms with Crippen molar-refractivity contribution >= 4 is 22.6 Å². The minimum atomic E-state index is -0.282. The summed E-state index contributed by atoms with van der Waals surface area (Å²) in [4.78, 5) is 26.1. The van der Waals surface area contributed by atoms with Crippen molar-refractivity contribution in [3.63, 3.8) is 0 Å². The molecule has 1 aliphatic heterocycles. The molecule has 0 radical (unpaired) electrons. The number of hydrogen-bond acceptors (Lipinski definition) is 6. The van der Waals surface area contributed by atoms with Crippen LogP contribution in [0.25, 0.3) is 22.3 Å². The second-order valence-electron chi connectivity index (χ2n) is 9.10. The minimum Gasteiger partial charge on any atom is -0.438 e. The van der Waals surface area contributed by atoms with Crippen molar-refractivity contribution < 1.29 is 9.53 Å². The zero-order valence-electron chi connectivity index (χ0n) is 20.3. The van der Waals surface area contributed by atoms with E-state index >= 15 is 0 Å². The molecule has 2 aromatic heterocycles. The summed E-state index contributed by atoms with van der Waals surface area (Å²) in [6, 6.07) is 18.3. The van der Waals surface area contributed by atoms with Gasteiger partial charge in [-0.15, -0.1) is 0 Å². The number of nitrogens with zero attached hydrogens (tertiary/aromatic N) is 3. The van der Waals surface area contributed by atoms with Crippen LogP contribution in [0.15, 0.2) is 73.6 Å². The van der Waals surface area contributed by atoms with Crippen LogP contribution < -0.4 is 15.4 Å². The predicted octanol–water partition coefficient (Wildman–Crippen LogP) is 4.73. The summed E-state index contributed by atoms with van der Waals surface area (Å²) in [5.41, 5.74) is 4.58. The highest BCUT2D eigenvalue weighted by Crippen LogP contribution is 2.31. The van der Waals surface area contributed by atoms with Crippen LogP contribution in [0.3, 0.4) is 0 Å². The summed E-state index contributed by atoms with van der Waals surface area (Å²) < 4.78 is 6.05. The molecular formula is C28H30N6O2. The number of amides is 1. The highest BCUT2D eigenvalue weighted by Gasteiger charge is 2.16. The molecule has 1 saturated heterocycles. The smallest absolute Gasteiger partial charge is 0.247 e. The summed E-state index contributed by atoms with van der Waals surface area (Å²) >= 11 is 0. The van der Waals surface area contributed by atoms with Gasteiger partial charge in [0.1, 0.15) is 17.7 Å². The van der Waals surface area contributed by atoms with Crippen LogP contribution in [0, 0.1) is 0 Å². The third-order valence-corrected chi connectivity index (χ3v) is 6.47. The van der Waals surface area contributed by atoms with Crippen molar-refractivity contribution in [2.24, 2.45) is 0 Å². The Morgan fingerprint density at radius 1 is 1.17 bits per heavy atom. The lowest BCUT2D eigenvalue weighted by molar-refractivity contribution is -0.111. The fraction of sp³-hybridized carbons (Fsp3) is 0.250. The zero-order chi connectivity index (χ0) is 24.9. The quantitative estimate of drug-likeness (QED) is 0.315. The number of benzene rings is 2. The van der Waals surface area contributed by atoms with E-state index in [1.807, 2.05) is 12.1 Å². The number of carbonyl (C=O) groups excluding carboxylic acids is 1. The fourth-order valence-corrected chi connectivity index (χ4v) is 4.37. The molecule has 8 nitrogen and oxygen atoms in total. The number of fused-ring (bicyclic) bond motifs is 1. The van der Waals surface area contributed by atoms with E-state index < -0.39 is 0 Å². The number of anilines is 1. The van der Waals surface area contributed by atoms with E-state index in [9.17, 15) is 4.79 Å². The van der Waals surface area contributed by atoms with Gasteiger partial charge in [-0.05, 0) is 68.4 Å². The van der Waals surface area contributed by atoms with Crippen molar-refractivity contribution in [1.29, 1.82) is 0 Å². The Morgan fingerprint density at radius 2 is 1.97 bits per heavy atom. The number of ether oxygens (including phenoxy) is 1. The largest absolute Gasteiger partial charge is 0.438 e. The van der Waals surface area contributed by atoms with Gasteiger partial charge in [0.25, 0.3) is 0 Å². The van der Waals surface area contributed by atoms with Crippen LogP contribution in [0.4, 0.5) is 5.69 Å². The maximum Gasteiger partial charge on any atom is 0.247 e. The van der Waals surface area contributed by atoms with Crippen LogP contribution >= 0.6 is 0 Å². The van der Waals surface area contributed by atoms with Gasteiger partial charge in [0.2, 0.25) is 11.8 Å². The first kappa shape index (κ1) is 23.7. The first-order valence-corrected chi connectivity index (χ1v) is 12.1. The monoisotopic (exact) mass is 482 g/mol. The molecule has 1 aliphatic rings. The molecule has 0 aliphatic carbocycles. The minimum absolute atomic E-state index is 0.282. The Morgan fingerprint density at radius 3 is 2.75 bits per heavy atom. The molecule has 0 atom stereocenters. The molecule has 0 spiro atoms. The van der Waals surface area contributed by atoms with Gasteiger partial charge in [-0.2, -0.15) is 0 Å². The SMILES string of the molecule is C=CC(=O)Nc1cccc(Oc2ncnc3[nH]c(-c4ccc(CNC5CCN(C)CC5)cc4)cc23)c1. The lowest BCUT2D eigenvalue weighted by Gasteiger charge is -2.29. The Bertz CT molecular complexity index is 1360. The van der Waals surface area contributed by atoms with Crippen molar-refractivity contribution in [3.05, 3.63) is 79.1 Å². The number of carbonyl (C=O) groups is 1. The number of aromatic nitrogens is 3. The number of aromatic amines is 1. The highest BCUT2D eigenvalue weighted by molar-refractivity contribution is 5.99. The van der Waals surface area contributed by atoms with E-state index in [-0.39, 0.29) is 5.91 Å². The van der Waals surface area contributed by atoms with Gasteiger partial charge in [0.15, 0.2) is 0 Å². The number of H-pyrrole nitrogens is 1. The van der Waals surface area contributed by atoms with Gasteiger partial charge < -0.3 is 25.3 Å². The molecule has 0 unspecified atom stereocenters. The summed E-state index contributed by atoms with van der Waals surface area (Å²) in [7, 11) is 2.18. The van der Waals surface area contributed by atoms with E-state index in [0.717, 1.165) is 36.3 Å². The number of nitrogens with one attached hydrogen (secondary N) is 3. The van der Waals surface area contributed by atoms with E-state index in [2.05, 4.69) is 68.4 Å². The molecule has 8 heteroatoms. The third-order valence-electron chi connectivity index (χ3n) is 6.47. The van der Waals surface area contributed by atoms with E-state index in [1.165, 1.54) is 30.8 Å². The van der Waals surface area contributed by atoms with Crippen LogP contribution in [-0.4, -0.2) is 51.9 Å². The molecular weight excluding hydrogens is 452 g/mol. The Labute approximate surface area is 210 Å². The van der Waals surface area contributed by atoms with E-state index in [4.69, 9.17) is 4.74 Å². The lowest BCUT2D eigenvalue weighted by atomic mass is 10.0. The molecule has 1 fully saturated rings. The number of rotatable bonds is 8. The lowest BCUT2D eigenvalue weighted by Crippen LogP contribution is -2.40. The number of piperidine rings is 1. The van der Waals surface area contributed by atoms with Crippen LogP contribution in [0.5, 0.6) is 11.6 Å². The molecule has 0 saturated carbocycles. The van der Waals surface area contributed by atoms with Crippen molar-refractivity contribution in [2.45, 2.75) is 25.4 Å². The summed E-state index contributed by atoms with van der Waals surface area (Å²) in [5.74, 6) is 0.713. The van der Waals surface area contributed by atoms with E-state index in [1.54, 1.807) is 18.2 Å². The normalized spacial score (nSPS) is 14.6. The van der Waals surface area contributed by atoms with Crippen LogP contribution in [0.2, 0.25) is 0 Å². The average molecular weight is 483 g/mol. The van der Waals surface area contributed by atoms with Gasteiger partial charge >= 0.3 is 0 Å². The van der Waals surface area contributed by atoms with Gasteiger partial charge in [-0.3, -0.25) is 4.79 Å². The molecule has 184 valence electrons. The van der Waals surface area contributed by atoms with Crippen LogP contribution in [-0.2, 0) is 11.3 Å². The highest BCUT2D eigenvalue weighted by atomic mass is 16.5. The first-order chi connectivity index (χ1) is 17.6. The molecule has 4 aromatic rings. The number of hydrogen-bond donors (Lipinski definition) is 3. The van der Waals surface area contributed by atoms with Gasteiger partial charge in [-0.1, -0.05) is 36.9 Å². The van der Waals surface area contributed by atoms with Gasteiger partial charge in [0.05, 0.1) is 5.39 Å². The predicted molar refractivity (Wildman–Crippen MR) is 142 cm³/mol. The van der Waals surface area contributed by atoms with Gasteiger partial charge in [0, 0.05) is 30.0 Å². The average Bonchev–Trinajstić information content (AvgIpc) is 3.34. The standard InChI is InChI=1S/C28H30N6O2/c1-3-26(35)32-22-5-4-6-23(15-22)36-28-24-16-25(33-27(24)30-18-31-28)20-9-7-19(8-10-20)17-29-21-11-13-34(2)14-12-21/h3-10,15-16,18,21,29H,1,11-14,17H2,2H3,(H,32,35)(H,30,31,33). The summed E-state index contributed by atoms with van der Waals surface area (Å²) in [5, 5.41) is 7.20. The Kier molecular flexibility index (Phi) is 7.06. The Hall–Kier alpha value is -4.01. The molecule has 5 rings (SSSR count).